The Bertz CT molecular complexity index is 3950. The van der Waals surface area contributed by atoms with Crippen LogP contribution in [0.3, 0.4) is 0 Å². The summed E-state index contributed by atoms with van der Waals surface area (Å²) in [6.45, 7) is 10.3. The van der Waals surface area contributed by atoms with Crippen LogP contribution in [0.4, 0.5) is 41.7 Å². The molecule has 0 unspecified atom stereocenters. The van der Waals surface area contributed by atoms with E-state index in [2.05, 4.69) is 123 Å². The second-order valence-electron chi connectivity index (χ2n) is 26.7. The number of para-hydroxylation sites is 3. The molecule has 0 atom stereocenters. The number of rotatable bonds is 30. The van der Waals surface area contributed by atoms with E-state index in [1.807, 2.05) is 7.05 Å². The fourth-order valence-corrected chi connectivity index (χ4v) is 15.7. The number of piperazine rings is 1. The number of halogens is 4. The minimum Gasteiger partial charge on any atom is -0.455 e. The van der Waals surface area contributed by atoms with E-state index < -0.39 is 37.3 Å². The minimum absolute atomic E-state index is 0.00626. The number of likely N-dealkylation sites (tertiary alicyclic amines) is 1. The lowest BCUT2D eigenvalue weighted by Gasteiger charge is -2.41. The monoisotopic (exact) mass is 1350 g/mol. The molecule has 2 fully saturated rings. The number of ether oxygens (including phenoxy) is 1. The van der Waals surface area contributed by atoms with Gasteiger partial charge in [-0.05, 0) is 166 Å². The Labute approximate surface area is 571 Å². The quantitative estimate of drug-likeness (QED) is 0.0147. The molecule has 19 heteroatoms. The van der Waals surface area contributed by atoms with Gasteiger partial charge in [0.2, 0.25) is 0 Å². The van der Waals surface area contributed by atoms with Crippen molar-refractivity contribution in [3.63, 3.8) is 0 Å². The van der Waals surface area contributed by atoms with Crippen molar-refractivity contribution in [3.8, 4) is 11.5 Å². The molecule has 2 aliphatic heterocycles. The smallest absolute Gasteiger partial charge is 0.416 e. The molecular weight excluding hydrogens is 1260 g/mol. The third kappa shape index (κ3) is 18.2. The van der Waals surface area contributed by atoms with Gasteiger partial charge in [0.15, 0.2) is 5.75 Å². The Hall–Kier alpha value is -7.51. The number of allylic oxidation sites excluding steroid dienone is 2. The van der Waals surface area contributed by atoms with Gasteiger partial charge in [0.1, 0.15) is 22.9 Å². The number of aromatic nitrogens is 2. The van der Waals surface area contributed by atoms with E-state index in [1.165, 1.54) is 215 Å². The summed E-state index contributed by atoms with van der Waals surface area (Å²) < 4.78 is 72.0. The summed E-state index contributed by atoms with van der Waals surface area (Å²) in [6, 6.07) is 39.9. The molecule has 1 aliphatic carbocycles. The average molecular weight is 1350 g/mol. The highest BCUT2D eigenvalue weighted by molar-refractivity contribution is 7.92. The van der Waals surface area contributed by atoms with Gasteiger partial charge in [0.05, 0.1) is 15.4 Å². The van der Waals surface area contributed by atoms with E-state index >= 15 is 0 Å². The number of sulfonamides is 1. The number of nitro groups is 1. The number of hydrogen-bond donors (Lipinski definition) is 4. The fraction of sp³-hybridized carbons (Fsp3) is 0.455. The van der Waals surface area contributed by atoms with Gasteiger partial charge in [0, 0.05) is 82.6 Å². The lowest BCUT2D eigenvalue weighted by molar-refractivity contribution is -0.384. The van der Waals surface area contributed by atoms with Crippen LogP contribution < -0.4 is 30.1 Å². The molecule has 4 heterocycles. The Morgan fingerprint density at radius 1 is 0.698 bits per heavy atom. The molecule has 6 aromatic carbocycles. The van der Waals surface area contributed by atoms with Gasteiger partial charge < -0.3 is 34.7 Å². The van der Waals surface area contributed by atoms with Crippen molar-refractivity contribution in [2.45, 2.75) is 179 Å². The number of hydrogen-bond acceptors (Lipinski definition) is 10. The van der Waals surface area contributed by atoms with Crippen LogP contribution in [0.25, 0.3) is 33.0 Å². The van der Waals surface area contributed by atoms with Crippen LogP contribution in [0.1, 0.15) is 178 Å². The maximum Gasteiger partial charge on any atom is 0.416 e. The van der Waals surface area contributed by atoms with Crippen molar-refractivity contribution >= 4 is 83.1 Å². The van der Waals surface area contributed by atoms with Crippen molar-refractivity contribution < 1.29 is 31.2 Å². The first-order valence-electron chi connectivity index (χ1n) is 35.1. The predicted octanol–water partition coefficient (Wildman–Crippen LogP) is 20.8. The van der Waals surface area contributed by atoms with E-state index in [9.17, 15) is 31.7 Å². The van der Waals surface area contributed by atoms with Crippen LogP contribution >= 0.6 is 11.6 Å². The number of fused-ring (bicyclic) bond motifs is 2. The minimum atomic E-state index is -4.61. The zero-order chi connectivity index (χ0) is 67.7. The normalized spacial score (nSPS) is 15.7. The van der Waals surface area contributed by atoms with Crippen molar-refractivity contribution in [3.05, 3.63) is 178 Å². The molecule has 2 saturated heterocycles. The molecule has 0 bridgehead atoms. The largest absolute Gasteiger partial charge is 0.455 e. The first kappa shape index (κ1) is 71.3. The molecule has 2 aromatic heterocycles. The van der Waals surface area contributed by atoms with E-state index in [-0.39, 0.29) is 28.9 Å². The molecule has 0 saturated carbocycles. The molecule has 514 valence electrons. The zero-order valence-electron chi connectivity index (χ0n) is 56.2. The van der Waals surface area contributed by atoms with Gasteiger partial charge in [-0.25, -0.2) is 5.84 Å². The first-order chi connectivity index (χ1) is 46.4. The van der Waals surface area contributed by atoms with Gasteiger partial charge in [-0.15, -0.1) is 0 Å². The number of aromatic amines is 2. The Balaban J connectivity index is 0.000000225. The Morgan fingerprint density at radius 3 is 1.98 bits per heavy atom. The molecular formula is C77H97ClF3N9O5S. The van der Waals surface area contributed by atoms with Crippen molar-refractivity contribution in [2.24, 2.45) is 11.3 Å². The van der Waals surface area contributed by atoms with Crippen LogP contribution in [0.5, 0.6) is 11.5 Å². The molecule has 8 aromatic rings. The molecule has 3 aliphatic rings. The summed E-state index contributed by atoms with van der Waals surface area (Å²) in [4.78, 5) is 25.5. The van der Waals surface area contributed by atoms with E-state index in [4.69, 9.17) is 22.2 Å². The van der Waals surface area contributed by atoms with Crippen LogP contribution in [0, 0.1) is 15.5 Å². The van der Waals surface area contributed by atoms with E-state index in [0.717, 1.165) is 87.8 Å². The summed E-state index contributed by atoms with van der Waals surface area (Å²) in [5.74, 6) is 6.96. The van der Waals surface area contributed by atoms with Crippen LogP contribution in [-0.4, -0.2) is 80.6 Å². The molecule has 0 radical (unpaired) electrons. The number of anilines is 4. The SMILES string of the molecule is CCCCCCCCCCC1(CCCCCCCCCC)CCC(c2c(N3CCN(c4cccc5[nH]ccc45)CC3)[nH]c3ccccc23)=C(c2ccc(Cl)cc2)C1.CN1CCC(Nc2ccc(S(=O)(=O)N(N)c3ccccc3Oc3cccc(C(F)(F)F)c3)cc2[N+](=O)[O-])CC1. The summed E-state index contributed by atoms with van der Waals surface area (Å²) in [6.07, 6.45) is 27.5. The molecule has 11 rings (SSSR count). The summed E-state index contributed by atoms with van der Waals surface area (Å²) in [5.41, 5.74) is 8.73. The van der Waals surface area contributed by atoms with Crippen molar-refractivity contribution in [1.82, 2.24) is 14.9 Å². The van der Waals surface area contributed by atoms with Gasteiger partial charge >= 0.3 is 6.18 Å². The second-order valence-corrected chi connectivity index (χ2v) is 29.0. The van der Waals surface area contributed by atoms with E-state index in [0.29, 0.717) is 9.83 Å². The van der Waals surface area contributed by atoms with Crippen LogP contribution in [0.15, 0.2) is 151 Å². The molecule has 96 heavy (non-hydrogen) atoms. The number of nitrogens with one attached hydrogen (secondary N) is 3. The molecule has 0 amide bonds. The predicted molar refractivity (Wildman–Crippen MR) is 389 cm³/mol. The number of piperidine rings is 1. The zero-order valence-corrected chi connectivity index (χ0v) is 57.8. The third-order valence-electron chi connectivity index (χ3n) is 19.9. The Kier molecular flexibility index (Phi) is 25.0. The van der Waals surface area contributed by atoms with Crippen molar-refractivity contribution in [1.29, 1.82) is 0 Å². The fourth-order valence-electron chi connectivity index (χ4n) is 14.5. The van der Waals surface area contributed by atoms with Gasteiger partial charge in [-0.1, -0.05) is 183 Å². The molecule has 0 spiro atoms. The summed E-state index contributed by atoms with van der Waals surface area (Å²) in [7, 11) is -2.55. The highest BCUT2D eigenvalue weighted by atomic mass is 35.5. The van der Waals surface area contributed by atoms with Gasteiger partial charge in [0.25, 0.3) is 15.7 Å². The third-order valence-corrected chi connectivity index (χ3v) is 21.7. The number of unbranched alkanes of at least 4 members (excludes halogenated alkanes) is 14. The highest BCUT2D eigenvalue weighted by Crippen LogP contribution is 2.54. The number of alkyl halides is 3. The number of nitro benzene ring substituents is 1. The maximum absolute atomic E-state index is 13.4. The summed E-state index contributed by atoms with van der Waals surface area (Å²) >= 11 is 6.57. The first-order valence-corrected chi connectivity index (χ1v) is 36.9. The topological polar surface area (TPSA) is 169 Å². The Morgan fingerprint density at radius 2 is 1.31 bits per heavy atom. The summed E-state index contributed by atoms with van der Waals surface area (Å²) in [5, 5.41) is 18.4. The number of hydrazine groups is 1. The van der Waals surface area contributed by atoms with Crippen LogP contribution in [0.2, 0.25) is 5.02 Å². The molecule has 5 N–H and O–H groups in total. The maximum atomic E-state index is 13.4. The van der Waals surface area contributed by atoms with Gasteiger partial charge in [-0.3, -0.25) is 10.1 Å². The number of H-pyrrole nitrogens is 2. The second kappa shape index (κ2) is 33.6. The number of nitrogens with zero attached hydrogens (tertiary/aromatic N) is 5. The standard InChI is InChI=1S/C52H71ClN4.C25H26F3N5O5S/c1-3-5-7-9-11-13-15-19-32-52(33-20-16-14-12-10-8-6-4-2)34-30-43(46(40-52)41-26-28-42(53)29-27-41)50-45-22-17-18-23-48(45)55-51(50)57-38-36-56(37-39-57)49-25-21-24-47-44(49)31-35-54-47;1-31-13-11-18(12-14-31)30-21-10-9-20(16-23(21)33(34)35)39(36,37)32(29)22-7-2-3-8-24(22)38-19-6-4-5-17(15-19)25(26,27)28/h17-18,21-29,31,35,54-55H,3-16,19-20,30,32-34,36-40H2,1-2H3;2-10,15-16,18,30H,11-14,29H2,1H3. The van der Waals surface area contributed by atoms with Crippen molar-refractivity contribution in [2.75, 3.05) is 65.8 Å². The van der Waals surface area contributed by atoms with Crippen LogP contribution in [-0.2, 0) is 16.2 Å². The lowest BCUT2D eigenvalue weighted by Crippen LogP contribution is -2.47. The number of benzene rings is 6. The lowest BCUT2D eigenvalue weighted by atomic mass is 9.64. The molecule has 14 nitrogen and oxygen atoms in total. The van der Waals surface area contributed by atoms with E-state index in [1.54, 1.807) is 11.1 Å². The highest BCUT2D eigenvalue weighted by Gasteiger charge is 2.38. The average Bonchev–Trinajstić information content (AvgIpc) is 1.55. The number of nitrogens with two attached hydrogens (primary N) is 1. The van der Waals surface area contributed by atoms with Gasteiger partial charge in [-0.2, -0.15) is 26.0 Å².